The molecule has 0 unspecified atom stereocenters. The number of rotatable bonds is 7. The van der Waals surface area contributed by atoms with Crippen LogP contribution >= 0.6 is 0 Å². The molecule has 3 N–H and O–H groups in total. The van der Waals surface area contributed by atoms with Gasteiger partial charge in [0.1, 0.15) is 0 Å². The van der Waals surface area contributed by atoms with Crippen LogP contribution in [0.15, 0.2) is 46.5 Å². The van der Waals surface area contributed by atoms with Crippen LogP contribution in [-0.2, 0) is 16.6 Å². The number of hydrogen-bond donors (Lipinski definition) is 3. The zero-order valence-corrected chi connectivity index (χ0v) is 21.4. The first kappa shape index (κ1) is 25.2. The van der Waals surface area contributed by atoms with Gasteiger partial charge >= 0.3 is 0 Å². The molecule has 0 spiro atoms. The molecule has 36 heavy (non-hydrogen) atoms. The Morgan fingerprint density at radius 2 is 1.92 bits per heavy atom. The van der Waals surface area contributed by atoms with Gasteiger partial charge in [-0.1, -0.05) is 0 Å². The number of hydrogen-bond acceptors (Lipinski definition) is 7. The van der Waals surface area contributed by atoms with E-state index in [1.165, 1.54) is 19.3 Å². The SMILES string of the molecule is CNS(=O)(=O)c1ccc(-c2cc(C(=O)NCc3c(C)cc(C)[nH]c3=O)c3cnn(C(C)C)c3n2)cn1. The van der Waals surface area contributed by atoms with E-state index in [-0.39, 0.29) is 23.2 Å². The lowest BCUT2D eigenvalue weighted by Crippen LogP contribution is -2.28. The Kier molecular flexibility index (Phi) is 6.74. The van der Waals surface area contributed by atoms with Gasteiger partial charge in [0, 0.05) is 35.6 Å². The Labute approximate surface area is 208 Å². The topological polar surface area (TPSA) is 152 Å². The van der Waals surface area contributed by atoms with Gasteiger partial charge in [0.25, 0.3) is 21.5 Å². The number of nitrogens with zero attached hydrogens (tertiary/aromatic N) is 4. The van der Waals surface area contributed by atoms with Crippen molar-refractivity contribution in [2.75, 3.05) is 7.05 Å². The van der Waals surface area contributed by atoms with Crippen molar-refractivity contribution in [1.29, 1.82) is 0 Å². The van der Waals surface area contributed by atoms with Gasteiger partial charge in [0.05, 0.1) is 22.8 Å². The molecule has 0 saturated heterocycles. The van der Waals surface area contributed by atoms with E-state index in [4.69, 9.17) is 4.98 Å². The predicted molar refractivity (Wildman–Crippen MR) is 135 cm³/mol. The fourth-order valence-electron chi connectivity index (χ4n) is 3.89. The van der Waals surface area contributed by atoms with Crippen LogP contribution in [0, 0.1) is 13.8 Å². The standard InChI is InChI=1S/C24H27N7O4S/c1-13(2)31-22-19(12-28-31)17(23(32)27-11-18-14(3)8-15(4)29-24(18)33)9-20(30-22)16-6-7-21(26-10-16)36(34,35)25-5/h6-10,12-13,25H,11H2,1-5H3,(H,27,32)(H,29,33). The Balaban J connectivity index is 1.76. The first-order chi connectivity index (χ1) is 17.0. The summed E-state index contributed by atoms with van der Waals surface area (Å²) in [5, 5.41) is 7.67. The first-order valence-corrected chi connectivity index (χ1v) is 12.8. The second-order valence-corrected chi connectivity index (χ2v) is 10.5. The highest BCUT2D eigenvalue weighted by atomic mass is 32.2. The van der Waals surface area contributed by atoms with Crippen molar-refractivity contribution >= 4 is 27.0 Å². The number of aromatic amines is 1. The molecule has 4 rings (SSSR count). The van der Waals surface area contributed by atoms with Crippen molar-refractivity contribution in [1.82, 2.24) is 34.8 Å². The van der Waals surface area contributed by atoms with Crippen LogP contribution in [0.5, 0.6) is 0 Å². The number of carbonyl (C=O) groups is 1. The molecule has 0 aromatic carbocycles. The number of pyridine rings is 3. The summed E-state index contributed by atoms with van der Waals surface area (Å²) in [6.07, 6.45) is 2.98. The molecule has 188 valence electrons. The Bertz CT molecular complexity index is 1620. The van der Waals surface area contributed by atoms with Gasteiger partial charge in [0.2, 0.25) is 0 Å². The van der Waals surface area contributed by atoms with E-state index >= 15 is 0 Å². The van der Waals surface area contributed by atoms with Crippen molar-refractivity contribution in [2.45, 2.75) is 45.3 Å². The lowest BCUT2D eigenvalue weighted by Gasteiger charge is -2.12. The summed E-state index contributed by atoms with van der Waals surface area (Å²) in [6.45, 7) is 7.58. The zero-order valence-electron chi connectivity index (χ0n) is 20.6. The monoisotopic (exact) mass is 509 g/mol. The molecule has 1 amide bonds. The molecule has 4 aromatic heterocycles. The molecule has 0 aliphatic rings. The summed E-state index contributed by atoms with van der Waals surface area (Å²) in [4.78, 5) is 37.2. The minimum Gasteiger partial charge on any atom is -0.348 e. The number of amides is 1. The maximum absolute atomic E-state index is 13.3. The van der Waals surface area contributed by atoms with Crippen molar-refractivity contribution in [2.24, 2.45) is 0 Å². The molecule has 0 radical (unpaired) electrons. The molecule has 0 atom stereocenters. The second-order valence-electron chi connectivity index (χ2n) is 8.69. The van der Waals surface area contributed by atoms with E-state index in [1.54, 1.807) is 29.9 Å². The van der Waals surface area contributed by atoms with Crippen LogP contribution in [0.25, 0.3) is 22.3 Å². The highest BCUT2D eigenvalue weighted by Gasteiger charge is 2.20. The lowest BCUT2D eigenvalue weighted by atomic mass is 10.1. The molecule has 12 heteroatoms. The average Bonchev–Trinajstić information content (AvgIpc) is 3.27. The van der Waals surface area contributed by atoms with Crippen molar-refractivity contribution < 1.29 is 13.2 Å². The summed E-state index contributed by atoms with van der Waals surface area (Å²) in [5.41, 5.74) is 3.55. The zero-order chi connectivity index (χ0) is 26.2. The third-order valence-electron chi connectivity index (χ3n) is 5.80. The van der Waals surface area contributed by atoms with Gasteiger partial charge in [-0.25, -0.2) is 27.8 Å². The molecule has 4 heterocycles. The molecule has 0 aliphatic heterocycles. The van der Waals surface area contributed by atoms with E-state index in [9.17, 15) is 18.0 Å². The smallest absolute Gasteiger partial charge is 0.257 e. The summed E-state index contributed by atoms with van der Waals surface area (Å²) >= 11 is 0. The minimum absolute atomic E-state index is 0.0174. The van der Waals surface area contributed by atoms with Gasteiger partial charge in [-0.3, -0.25) is 9.59 Å². The molecule has 11 nitrogen and oxygen atoms in total. The number of fused-ring (bicyclic) bond motifs is 1. The molecular weight excluding hydrogens is 482 g/mol. The van der Waals surface area contributed by atoms with E-state index < -0.39 is 15.9 Å². The van der Waals surface area contributed by atoms with Crippen LogP contribution in [0.4, 0.5) is 0 Å². The Hall–Kier alpha value is -3.90. The number of aromatic nitrogens is 5. The van der Waals surface area contributed by atoms with Crippen molar-refractivity contribution in [3.05, 3.63) is 69.4 Å². The van der Waals surface area contributed by atoms with Gasteiger partial charge < -0.3 is 10.3 Å². The van der Waals surface area contributed by atoms with E-state index in [2.05, 4.69) is 25.1 Å². The average molecular weight is 510 g/mol. The minimum atomic E-state index is -3.69. The molecular formula is C24H27N7O4S. The number of H-pyrrole nitrogens is 1. The fraction of sp³-hybridized carbons (Fsp3) is 0.292. The van der Waals surface area contributed by atoms with Crippen molar-refractivity contribution in [3.8, 4) is 11.3 Å². The number of nitrogens with one attached hydrogen (secondary N) is 3. The Morgan fingerprint density at radius 3 is 2.53 bits per heavy atom. The Morgan fingerprint density at radius 1 is 1.17 bits per heavy atom. The van der Waals surface area contributed by atoms with Crippen molar-refractivity contribution in [3.63, 3.8) is 0 Å². The largest absolute Gasteiger partial charge is 0.348 e. The molecule has 0 aliphatic carbocycles. The quantitative estimate of drug-likeness (QED) is 0.345. The van der Waals surface area contributed by atoms with Crippen LogP contribution < -0.4 is 15.6 Å². The predicted octanol–water partition coefficient (Wildman–Crippen LogP) is 2.22. The lowest BCUT2D eigenvalue weighted by molar-refractivity contribution is 0.0952. The van der Waals surface area contributed by atoms with Crippen LogP contribution in [0.2, 0.25) is 0 Å². The molecule has 0 saturated carbocycles. The summed E-state index contributed by atoms with van der Waals surface area (Å²) in [6, 6.07) is 6.40. The number of sulfonamides is 1. The highest BCUT2D eigenvalue weighted by molar-refractivity contribution is 7.89. The van der Waals surface area contributed by atoms with Gasteiger partial charge in [-0.05, 0) is 64.6 Å². The summed E-state index contributed by atoms with van der Waals surface area (Å²) < 4.78 is 28.0. The van der Waals surface area contributed by atoms with Crippen LogP contribution in [0.3, 0.4) is 0 Å². The van der Waals surface area contributed by atoms with Gasteiger partial charge in [-0.2, -0.15) is 5.10 Å². The van der Waals surface area contributed by atoms with Gasteiger partial charge in [-0.15, -0.1) is 0 Å². The fourth-order valence-corrected chi connectivity index (χ4v) is 4.54. The molecule has 4 aromatic rings. The maximum Gasteiger partial charge on any atom is 0.257 e. The maximum atomic E-state index is 13.3. The summed E-state index contributed by atoms with van der Waals surface area (Å²) in [5.74, 6) is -0.395. The van der Waals surface area contributed by atoms with Crippen LogP contribution in [-0.4, -0.2) is 46.1 Å². The summed E-state index contributed by atoms with van der Waals surface area (Å²) in [7, 11) is -2.38. The highest BCUT2D eigenvalue weighted by Crippen LogP contribution is 2.26. The normalized spacial score (nSPS) is 11.8. The van der Waals surface area contributed by atoms with E-state index in [1.807, 2.05) is 26.8 Å². The van der Waals surface area contributed by atoms with E-state index in [0.717, 1.165) is 11.3 Å². The molecule has 0 bridgehead atoms. The van der Waals surface area contributed by atoms with E-state index in [0.29, 0.717) is 33.4 Å². The third kappa shape index (κ3) is 4.77. The second kappa shape index (κ2) is 9.63. The number of aryl methyl sites for hydroxylation is 2. The number of carbonyl (C=O) groups excluding carboxylic acids is 1. The van der Waals surface area contributed by atoms with Crippen LogP contribution in [0.1, 0.15) is 47.1 Å². The van der Waals surface area contributed by atoms with Gasteiger partial charge in [0.15, 0.2) is 10.7 Å². The molecule has 0 fully saturated rings. The first-order valence-electron chi connectivity index (χ1n) is 11.3. The third-order valence-corrected chi connectivity index (χ3v) is 7.13.